The van der Waals surface area contributed by atoms with Gasteiger partial charge in [0.2, 0.25) is 17.5 Å². The Balaban J connectivity index is 1.59. The lowest BCUT2D eigenvalue weighted by Gasteiger charge is -2.40. The summed E-state index contributed by atoms with van der Waals surface area (Å²) in [5.41, 5.74) is -1.24. The molecule has 9 N–H and O–H groups in total. The number of aliphatic hydroxyl groups excluding tert-OH is 5. The van der Waals surface area contributed by atoms with Crippen LogP contribution in [0, 0.1) is 0 Å². The van der Waals surface area contributed by atoms with Crippen molar-refractivity contribution in [3.05, 3.63) is 40.6 Å². The molecule has 2 aliphatic heterocycles. The van der Waals surface area contributed by atoms with Gasteiger partial charge in [0, 0.05) is 17.7 Å². The van der Waals surface area contributed by atoms with Crippen LogP contribution in [0.3, 0.4) is 0 Å². The van der Waals surface area contributed by atoms with E-state index in [1.54, 1.807) is 0 Å². The first kappa shape index (κ1) is 28.8. The topological polar surface area (TPSA) is 249 Å². The molecule has 3 heterocycles. The Labute approximate surface area is 230 Å². The lowest BCUT2D eigenvalue weighted by atomic mass is 10.00. The molecule has 0 unspecified atom stereocenters. The molecule has 15 nitrogen and oxygen atoms in total. The first-order valence-corrected chi connectivity index (χ1v) is 12.4. The molecule has 41 heavy (non-hydrogen) atoms. The zero-order valence-corrected chi connectivity index (χ0v) is 21.3. The predicted octanol–water partition coefficient (Wildman–Crippen LogP) is -1.05. The highest BCUT2D eigenvalue weighted by Crippen LogP contribution is 2.40. The van der Waals surface area contributed by atoms with Gasteiger partial charge in [-0.2, -0.15) is 0 Å². The van der Waals surface area contributed by atoms with E-state index in [-0.39, 0.29) is 16.9 Å². The normalized spacial score (nSPS) is 31.9. The van der Waals surface area contributed by atoms with Crippen molar-refractivity contribution in [3.63, 3.8) is 0 Å². The lowest BCUT2D eigenvalue weighted by molar-refractivity contribution is -0.316. The van der Waals surface area contributed by atoms with Gasteiger partial charge in [-0.15, -0.1) is 0 Å². The van der Waals surface area contributed by atoms with E-state index < -0.39 is 101 Å². The van der Waals surface area contributed by atoms with Gasteiger partial charge in [-0.1, -0.05) is 0 Å². The highest BCUT2D eigenvalue weighted by Gasteiger charge is 2.51. The van der Waals surface area contributed by atoms with Crippen molar-refractivity contribution >= 4 is 11.0 Å². The molecule has 222 valence electrons. The summed E-state index contributed by atoms with van der Waals surface area (Å²) in [4.78, 5) is 13.6. The summed E-state index contributed by atoms with van der Waals surface area (Å²) in [6.07, 6.45) is -13.7. The van der Waals surface area contributed by atoms with Crippen LogP contribution >= 0.6 is 0 Å². The fourth-order valence-corrected chi connectivity index (χ4v) is 4.72. The third-order valence-corrected chi connectivity index (χ3v) is 6.96. The number of aliphatic hydroxyl groups is 5. The zero-order valence-electron chi connectivity index (χ0n) is 21.3. The third kappa shape index (κ3) is 5.13. The highest BCUT2D eigenvalue weighted by molar-refractivity contribution is 5.88. The van der Waals surface area contributed by atoms with Crippen molar-refractivity contribution in [2.75, 3.05) is 6.61 Å². The second-order valence-corrected chi connectivity index (χ2v) is 9.75. The van der Waals surface area contributed by atoms with Crippen molar-refractivity contribution in [1.82, 2.24) is 0 Å². The molecule has 0 spiro atoms. The molecule has 15 heteroatoms. The Hall–Kier alpha value is -3.67. The van der Waals surface area contributed by atoms with E-state index >= 15 is 0 Å². The van der Waals surface area contributed by atoms with Crippen molar-refractivity contribution in [2.24, 2.45) is 0 Å². The Morgan fingerprint density at radius 1 is 0.829 bits per heavy atom. The lowest BCUT2D eigenvalue weighted by Crippen LogP contribution is -2.59. The molecule has 0 aliphatic carbocycles. The smallest absolute Gasteiger partial charge is 0.239 e. The number of benzene rings is 2. The van der Waals surface area contributed by atoms with E-state index in [1.165, 1.54) is 13.0 Å². The Morgan fingerprint density at radius 2 is 1.56 bits per heavy atom. The molecule has 2 saturated heterocycles. The quantitative estimate of drug-likeness (QED) is 0.158. The average Bonchev–Trinajstić information content (AvgIpc) is 3.22. The van der Waals surface area contributed by atoms with Crippen LogP contribution in [0.4, 0.5) is 0 Å². The predicted molar refractivity (Wildman–Crippen MR) is 134 cm³/mol. The molecule has 0 amide bonds. The SMILES string of the molecule is C[C@@H]1O[C@@H](O[C@H]2[C@H](Oc3c(-c4ccc(O)c(O)c4)oc4cc(O)cc(O)c4c3=O)O[C@@H](CO)[C@@H]2O)[C@H](O)[C@H](O)[C@H]1O. The van der Waals surface area contributed by atoms with Crippen LogP contribution < -0.4 is 10.2 Å². The fourth-order valence-electron chi connectivity index (χ4n) is 4.72. The van der Waals surface area contributed by atoms with Gasteiger partial charge in [0.1, 0.15) is 53.0 Å². The number of ether oxygens (including phenoxy) is 4. The molecule has 5 rings (SSSR count). The number of aromatic hydroxyl groups is 4. The molecule has 3 aromatic rings. The van der Waals surface area contributed by atoms with E-state index in [0.717, 1.165) is 24.3 Å². The minimum atomic E-state index is -1.77. The minimum absolute atomic E-state index is 0.00354. The van der Waals surface area contributed by atoms with Gasteiger partial charge in [-0.3, -0.25) is 4.79 Å². The number of hydrogen-bond acceptors (Lipinski definition) is 15. The van der Waals surface area contributed by atoms with Gasteiger partial charge >= 0.3 is 0 Å². The second-order valence-electron chi connectivity index (χ2n) is 9.75. The largest absolute Gasteiger partial charge is 0.508 e. The van der Waals surface area contributed by atoms with E-state index in [0.29, 0.717) is 0 Å². The maximum absolute atomic E-state index is 13.6. The van der Waals surface area contributed by atoms with Crippen LogP contribution in [-0.2, 0) is 14.2 Å². The summed E-state index contributed by atoms with van der Waals surface area (Å²) in [5.74, 6) is -3.13. The summed E-state index contributed by atoms with van der Waals surface area (Å²) >= 11 is 0. The molecule has 0 radical (unpaired) electrons. The van der Waals surface area contributed by atoms with Gasteiger partial charge in [0.15, 0.2) is 29.7 Å². The second kappa shape index (κ2) is 11.0. The summed E-state index contributed by atoms with van der Waals surface area (Å²) in [6.45, 7) is 0.684. The van der Waals surface area contributed by atoms with Crippen LogP contribution in [-0.4, -0.2) is 108 Å². The van der Waals surface area contributed by atoms with Crippen LogP contribution in [0.5, 0.6) is 28.7 Å². The fraction of sp³-hybridized carbons (Fsp3) is 0.423. The molecule has 2 aliphatic rings. The Morgan fingerprint density at radius 3 is 2.24 bits per heavy atom. The third-order valence-electron chi connectivity index (χ3n) is 6.96. The molecular formula is C26H28O15. The standard InChI is InChI=1S/C26H28O15/c1-8-17(32)20(35)21(36)25(37-8)41-24-18(33)15(7-27)39-26(24)40-23-19(34)16-13(31)5-10(28)6-14(16)38-22(23)9-2-3-11(29)12(30)4-9/h2-6,8,15,17-18,20-21,24-33,35-36H,7H2,1H3/t8-,15-,17-,18-,20+,21+,24+,25-,26-/m0/s1. The number of hydrogen-bond donors (Lipinski definition) is 9. The van der Waals surface area contributed by atoms with Crippen molar-refractivity contribution < 1.29 is 69.3 Å². The van der Waals surface area contributed by atoms with E-state index in [1.807, 2.05) is 0 Å². The van der Waals surface area contributed by atoms with Crippen LogP contribution in [0.15, 0.2) is 39.5 Å². The minimum Gasteiger partial charge on any atom is -0.508 e. The van der Waals surface area contributed by atoms with E-state index in [2.05, 4.69) is 0 Å². The monoisotopic (exact) mass is 580 g/mol. The number of rotatable bonds is 6. The molecule has 1 aromatic heterocycles. The maximum Gasteiger partial charge on any atom is 0.239 e. The average molecular weight is 580 g/mol. The molecule has 2 aromatic carbocycles. The molecule has 9 atom stereocenters. The number of phenols is 4. The van der Waals surface area contributed by atoms with Gasteiger partial charge < -0.3 is 69.3 Å². The van der Waals surface area contributed by atoms with Gasteiger partial charge in [0.25, 0.3) is 0 Å². The Bertz CT molecular complexity index is 1490. The van der Waals surface area contributed by atoms with E-state index in [4.69, 9.17) is 23.4 Å². The maximum atomic E-state index is 13.6. The first-order chi connectivity index (χ1) is 19.4. The zero-order chi connectivity index (χ0) is 29.7. The number of phenolic OH excluding ortho intramolecular Hbond substituents is 4. The van der Waals surface area contributed by atoms with Crippen molar-refractivity contribution in [3.8, 4) is 40.1 Å². The first-order valence-electron chi connectivity index (χ1n) is 12.4. The van der Waals surface area contributed by atoms with Gasteiger partial charge in [0.05, 0.1) is 12.7 Å². The number of fused-ring (bicyclic) bond motifs is 1. The summed E-state index contributed by atoms with van der Waals surface area (Å²) in [7, 11) is 0. The molecule has 0 bridgehead atoms. The van der Waals surface area contributed by atoms with Crippen molar-refractivity contribution in [1.29, 1.82) is 0 Å². The highest BCUT2D eigenvalue weighted by atomic mass is 16.8. The van der Waals surface area contributed by atoms with Gasteiger partial charge in [-0.25, -0.2) is 0 Å². The van der Waals surface area contributed by atoms with Crippen LogP contribution in [0.1, 0.15) is 6.92 Å². The molecule has 2 fully saturated rings. The molecule has 0 saturated carbocycles. The van der Waals surface area contributed by atoms with Gasteiger partial charge in [-0.05, 0) is 25.1 Å². The summed E-state index contributed by atoms with van der Waals surface area (Å²) < 4.78 is 28.3. The van der Waals surface area contributed by atoms with Crippen molar-refractivity contribution in [2.45, 2.75) is 62.2 Å². The van der Waals surface area contributed by atoms with Crippen LogP contribution in [0.2, 0.25) is 0 Å². The summed E-state index contributed by atoms with van der Waals surface area (Å²) in [5, 5.41) is 90.7. The molecular weight excluding hydrogens is 552 g/mol. The van der Waals surface area contributed by atoms with Crippen LogP contribution in [0.25, 0.3) is 22.3 Å². The van der Waals surface area contributed by atoms with E-state index in [9.17, 15) is 50.8 Å². The summed E-state index contributed by atoms with van der Waals surface area (Å²) in [6, 6.07) is 5.36. The Kier molecular flexibility index (Phi) is 7.71.